The zero-order chi connectivity index (χ0) is 14.4. The fourth-order valence-electron chi connectivity index (χ4n) is 2.05. The second kappa shape index (κ2) is 6.89. The van der Waals surface area contributed by atoms with Gasteiger partial charge in [0.1, 0.15) is 17.5 Å². The Morgan fingerprint density at radius 3 is 2.50 bits per heavy atom. The Morgan fingerprint density at radius 1 is 1.10 bits per heavy atom. The normalized spacial score (nSPS) is 10.3. The van der Waals surface area contributed by atoms with E-state index in [-0.39, 0.29) is 0 Å². The third-order valence-corrected chi connectivity index (χ3v) is 3.08. The van der Waals surface area contributed by atoms with Gasteiger partial charge in [-0.25, -0.2) is 9.97 Å². The number of nitrogens with zero attached hydrogens (tertiary/aromatic N) is 3. The zero-order valence-corrected chi connectivity index (χ0v) is 12.4. The zero-order valence-electron chi connectivity index (χ0n) is 12.4. The summed E-state index contributed by atoms with van der Waals surface area (Å²) in [6, 6.07) is 12.2. The quantitative estimate of drug-likeness (QED) is 0.870. The van der Waals surface area contributed by atoms with Crippen LogP contribution < -0.4 is 10.2 Å². The Balaban J connectivity index is 2.34. The number of nitrogens with one attached hydrogen (secondary N) is 1. The molecule has 4 heteroatoms. The van der Waals surface area contributed by atoms with E-state index < -0.39 is 0 Å². The molecule has 1 aromatic carbocycles. The third kappa shape index (κ3) is 3.47. The molecule has 0 aliphatic rings. The summed E-state index contributed by atoms with van der Waals surface area (Å²) < 4.78 is 0. The van der Waals surface area contributed by atoms with E-state index in [2.05, 4.69) is 46.2 Å². The molecule has 0 amide bonds. The lowest BCUT2D eigenvalue weighted by Gasteiger charge is -2.19. The highest BCUT2D eigenvalue weighted by Crippen LogP contribution is 2.23. The van der Waals surface area contributed by atoms with Crippen LogP contribution in [0.3, 0.4) is 0 Å². The van der Waals surface area contributed by atoms with Crippen LogP contribution in [0.1, 0.15) is 26.1 Å². The SMILES string of the molecule is CCCc1nc(NCC)cc(N(C)c2ccccc2)n1. The van der Waals surface area contributed by atoms with Crippen LogP contribution in [0.4, 0.5) is 17.3 Å². The summed E-state index contributed by atoms with van der Waals surface area (Å²) in [6.07, 6.45) is 1.94. The molecular weight excluding hydrogens is 248 g/mol. The molecule has 2 rings (SSSR count). The first kappa shape index (κ1) is 14.3. The summed E-state index contributed by atoms with van der Waals surface area (Å²) in [5.74, 6) is 2.71. The molecule has 0 aliphatic heterocycles. The molecule has 0 saturated carbocycles. The van der Waals surface area contributed by atoms with Gasteiger partial charge in [-0.1, -0.05) is 25.1 Å². The summed E-state index contributed by atoms with van der Waals surface area (Å²) in [5.41, 5.74) is 1.12. The summed E-state index contributed by atoms with van der Waals surface area (Å²) in [7, 11) is 2.03. The number of aromatic nitrogens is 2. The van der Waals surface area contributed by atoms with Crippen molar-refractivity contribution in [1.82, 2.24) is 9.97 Å². The van der Waals surface area contributed by atoms with Crippen molar-refractivity contribution in [3.63, 3.8) is 0 Å². The summed E-state index contributed by atoms with van der Waals surface area (Å²) in [5, 5.41) is 3.28. The minimum atomic E-state index is 0.858. The van der Waals surface area contributed by atoms with E-state index in [0.717, 1.165) is 42.5 Å². The molecule has 20 heavy (non-hydrogen) atoms. The predicted molar refractivity (Wildman–Crippen MR) is 84.7 cm³/mol. The molecular formula is C16H22N4. The van der Waals surface area contributed by atoms with Gasteiger partial charge in [0.2, 0.25) is 0 Å². The Hall–Kier alpha value is -2.10. The molecule has 2 aromatic rings. The van der Waals surface area contributed by atoms with Crippen molar-refractivity contribution < 1.29 is 0 Å². The van der Waals surface area contributed by atoms with Crippen LogP contribution in [0.15, 0.2) is 36.4 Å². The Morgan fingerprint density at radius 2 is 1.85 bits per heavy atom. The van der Waals surface area contributed by atoms with Crippen molar-refractivity contribution in [2.75, 3.05) is 23.8 Å². The van der Waals surface area contributed by atoms with Crippen LogP contribution in [0.5, 0.6) is 0 Å². The summed E-state index contributed by atoms with van der Waals surface area (Å²) >= 11 is 0. The lowest BCUT2D eigenvalue weighted by atomic mass is 10.3. The van der Waals surface area contributed by atoms with Gasteiger partial charge in [0.25, 0.3) is 0 Å². The Kier molecular flexibility index (Phi) is 4.93. The minimum Gasteiger partial charge on any atom is -0.370 e. The molecule has 1 aromatic heterocycles. The van der Waals surface area contributed by atoms with Crippen LogP contribution in [0, 0.1) is 0 Å². The fourth-order valence-corrected chi connectivity index (χ4v) is 2.05. The fraction of sp³-hybridized carbons (Fsp3) is 0.375. The van der Waals surface area contributed by atoms with E-state index in [1.807, 2.05) is 31.3 Å². The molecule has 0 aliphatic carbocycles. The maximum absolute atomic E-state index is 4.66. The number of para-hydroxylation sites is 1. The number of hydrogen-bond donors (Lipinski definition) is 1. The monoisotopic (exact) mass is 270 g/mol. The molecule has 0 atom stereocenters. The highest BCUT2D eigenvalue weighted by atomic mass is 15.2. The van der Waals surface area contributed by atoms with Crippen LogP contribution in [-0.4, -0.2) is 23.6 Å². The van der Waals surface area contributed by atoms with Crippen LogP contribution in [0.2, 0.25) is 0 Å². The second-order valence-electron chi connectivity index (χ2n) is 4.70. The molecule has 0 fully saturated rings. The van der Waals surface area contributed by atoms with Gasteiger partial charge in [-0.3, -0.25) is 0 Å². The number of benzene rings is 1. The van der Waals surface area contributed by atoms with Crippen molar-refractivity contribution in [3.8, 4) is 0 Å². The number of anilines is 3. The van der Waals surface area contributed by atoms with E-state index in [1.165, 1.54) is 0 Å². The topological polar surface area (TPSA) is 41.1 Å². The van der Waals surface area contributed by atoms with Gasteiger partial charge in [0, 0.05) is 31.8 Å². The molecule has 0 spiro atoms. The van der Waals surface area contributed by atoms with Crippen molar-refractivity contribution >= 4 is 17.3 Å². The lowest BCUT2D eigenvalue weighted by molar-refractivity contribution is 0.831. The molecule has 1 heterocycles. The molecule has 1 N–H and O–H groups in total. The van der Waals surface area contributed by atoms with Crippen molar-refractivity contribution in [2.45, 2.75) is 26.7 Å². The number of hydrogen-bond acceptors (Lipinski definition) is 4. The summed E-state index contributed by atoms with van der Waals surface area (Å²) in [6.45, 7) is 5.07. The molecule has 106 valence electrons. The van der Waals surface area contributed by atoms with Gasteiger partial charge in [-0.2, -0.15) is 0 Å². The van der Waals surface area contributed by atoms with Crippen molar-refractivity contribution in [2.24, 2.45) is 0 Å². The van der Waals surface area contributed by atoms with E-state index in [4.69, 9.17) is 0 Å². The summed E-state index contributed by atoms with van der Waals surface area (Å²) in [4.78, 5) is 11.3. The Labute approximate surface area is 120 Å². The van der Waals surface area contributed by atoms with Crippen LogP contribution in [0.25, 0.3) is 0 Å². The molecule has 0 bridgehead atoms. The first-order valence-corrected chi connectivity index (χ1v) is 7.15. The smallest absolute Gasteiger partial charge is 0.138 e. The van der Waals surface area contributed by atoms with Gasteiger partial charge >= 0.3 is 0 Å². The van der Waals surface area contributed by atoms with Gasteiger partial charge < -0.3 is 10.2 Å². The van der Waals surface area contributed by atoms with Crippen molar-refractivity contribution in [3.05, 3.63) is 42.2 Å². The predicted octanol–water partition coefficient (Wildman–Crippen LogP) is 3.63. The maximum atomic E-state index is 4.66. The molecule has 4 nitrogen and oxygen atoms in total. The highest BCUT2D eigenvalue weighted by molar-refractivity contribution is 5.61. The Bertz CT molecular complexity index is 515. The molecule has 0 saturated heterocycles. The first-order valence-electron chi connectivity index (χ1n) is 7.15. The second-order valence-corrected chi connectivity index (χ2v) is 4.70. The van der Waals surface area contributed by atoms with E-state index in [0.29, 0.717) is 0 Å². The molecule has 0 radical (unpaired) electrons. The van der Waals surface area contributed by atoms with E-state index in [9.17, 15) is 0 Å². The van der Waals surface area contributed by atoms with Crippen molar-refractivity contribution in [1.29, 1.82) is 0 Å². The average molecular weight is 270 g/mol. The standard InChI is InChI=1S/C16H22N4/c1-4-9-14-18-15(17-5-2)12-16(19-14)20(3)13-10-7-6-8-11-13/h6-8,10-12H,4-5,9H2,1-3H3,(H,17,18,19). The highest BCUT2D eigenvalue weighted by Gasteiger charge is 2.09. The van der Waals surface area contributed by atoms with Crippen LogP contribution in [-0.2, 0) is 6.42 Å². The van der Waals surface area contributed by atoms with Crippen LogP contribution >= 0.6 is 0 Å². The molecule has 0 unspecified atom stereocenters. The van der Waals surface area contributed by atoms with E-state index in [1.54, 1.807) is 0 Å². The number of rotatable bonds is 6. The first-order chi connectivity index (χ1) is 9.74. The van der Waals surface area contributed by atoms with E-state index >= 15 is 0 Å². The van der Waals surface area contributed by atoms with Gasteiger partial charge in [0.05, 0.1) is 0 Å². The van der Waals surface area contributed by atoms with Gasteiger partial charge in [-0.15, -0.1) is 0 Å². The largest absolute Gasteiger partial charge is 0.370 e. The van der Waals surface area contributed by atoms with Gasteiger partial charge in [0.15, 0.2) is 0 Å². The maximum Gasteiger partial charge on any atom is 0.138 e. The van der Waals surface area contributed by atoms with Gasteiger partial charge in [-0.05, 0) is 25.5 Å². The minimum absolute atomic E-state index is 0.858. The average Bonchev–Trinajstić information content (AvgIpc) is 2.48. The lowest BCUT2D eigenvalue weighted by Crippen LogP contribution is -2.14. The third-order valence-electron chi connectivity index (χ3n) is 3.08. The number of aryl methyl sites for hydroxylation is 1.